The predicted octanol–water partition coefficient (Wildman–Crippen LogP) is 1.18. The molecule has 0 saturated heterocycles. The van der Waals surface area contributed by atoms with E-state index in [0.717, 1.165) is 5.52 Å². The van der Waals surface area contributed by atoms with Gasteiger partial charge in [-0.1, -0.05) is 6.07 Å². The van der Waals surface area contributed by atoms with Crippen LogP contribution in [0.1, 0.15) is 0 Å². The Balaban J connectivity index is 2.18. The van der Waals surface area contributed by atoms with E-state index >= 15 is 0 Å². The van der Waals surface area contributed by atoms with Gasteiger partial charge in [-0.2, -0.15) is 0 Å². The summed E-state index contributed by atoms with van der Waals surface area (Å²) in [5.41, 5.74) is 13.3. The molecule has 5 N–H and O–H groups in total. The van der Waals surface area contributed by atoms with E-state index in [1.165, 1.54) is 0 Å². The second-order valence-corrected chi connectivity index (χ2v) is 3.64. The molecule has 3 rings (SSSR count). The number of fused-ring (bicyclic) bond motifs is 1. The minimum Gasteiger partial charge on any atom is -0.384 e. The average Bonchev–Trinajstić information content (AvgIpc) is 2.72. The molecule has 0 radical (unpaired) electrons. The van der Waals surface area contributed by atoms with Gasteiger partial charge in [-0.3, -0.25) is 0 Å². The summed E-state index contributed by atoms with van der Waals surface area (Å²) in [6.07, 6.45) is 0. The number of anilines is 2. The van der Waals surface area contributed by atoms with Crippen molar-refractivity contribution in [1.29, 1.82) is 0 Å². The van der Waals surface area contributed by atoms with Crippen LogP contribution < -0.4 is 11.5 Å². The maximum absolute atomic E-state index is 5.63. The van der Waals surface area contributed by atoms with Crippen LogP contribution >= 0.6 is 0 Å². The zero-order valence-electron chi connectivity index (χ0n) is 8.88. The van der Waals surface area contributed by atoms with E-state index in [-0.39, 0.29) is 0 Å². The van der Waals surface area contributed by atoms with Crippen LogP contribution in [0, 0.1) is 0 Å². The molecule has 0 aliphatic carbocycles. The summed E-state index contributed by atoms with van der Waals surface area (Å²) in [6, 6.07) is 8.93. The largest absolute Gasteiger partial charge is 0.384 e. The molecule has 0 aromatic carbocycles. The maximum atomic E-state index is 5.63. The monoisotopic (exact) mass is 226 g/mol. The second-order valence-electron chi connectivity index (χ2n) is 3.64. The van der Waals surface area contributed by atoms with Crippen molar-refractivity contribution in [3.63, 3.8) is 0 Å². The smallest absolute Gasteiger partial charge is 0.180 e. The number of H-pyrrole nitrogens is 1. The summed E-state index contributed by atoms with van der Waals surface area (Å²) in [4.78, 5) is 15.7. The maximum Gasteiger partial charge on any atom is 0.180 e. The molecule has 3 aromatic heterocycles. The van der Waals surface area contributed by atoms with Crippen LogP contribution in [0.4, 0.5) is 11.6 Å². The van der Waals surface area contributed by atoms with Crippen LogP contribution in [0.15, 0.2) is 30.3 Å². The molecule has 6 heteroatoms. The highest BCUT2D eigenvalue weighted by Gasteiger charge is 2.07. The number of hydrogen-bond acceptors (Lipinski definition) is 5. The third-order valence-corrected chi connectivity index (χ3v) is 2.38. The Labute approximate surface area is 96.7 Å². The first kappa shape index (κ1) is 9.59. The van der Waals surface area contributed by atoms with Crippen LogP contribution in [0.2, 0.25) is 0 Å². The van der Waals surface area contributed by atoms with Gasteiger partial charge in [-0.15, -0.1) is 0 Å². The van der Waals surface area contributed by atoms with Crippen LogP contribution in [-0.2, 0) is 0 Å². The Hall–Kier alpha value is -2.63. The lowest BCUT2D eigenvalue weighted by Crippen LogP contribution is -1.92. The molecular weight excluding hydrogens is 216 g/mol. The van der Waals surface area contributed by atoms with Crippen molar-refractivity contribution >= 4 is 22.8 Å². The average molecular weight is 226 g/mol. The number of pyridine rings is 2. The molecule has 0 amide bonds. The van der Waals surface area contributed by atoms with E-state index in [1.807, 2.05) is 18.2 Å². The number of nitrogens with two attached hydrogens (primary N) is 2. The standard InChI is InChI=1S/C11H10N6/c12-8-3-1-2-6(14-8)10-15-7-4-5-9(13)16-11(7)17-10/h1-5H,(H2,12,14)(H3,13,15,16,17). The Morgan fingerprint density at radius 1 is 0.882 bits per heavy atom. The highest BCUT2D eigenvalue weighted by atomic mass is 15.0. The molecule has 0 aliphatic heterocycles. The third kappa shape index (κ3) is 1.65. The Bertz CT molecular complexity index is 687. The topological polar surface area (TPSA) is 106 Å². The first-order chi connectivity index (χ1) is 8.22. The van der Waals surface area contributed by atoms with E-state index in [4.69, 9.17) is 11.5 Å². The fourth-order valence-corrected chi connectivity index (χ4v) is 1.61. The highest BCUT2D eigenvalue weighted by molar-refractivity contribution is 5.76. The van der Waals surface area contributed by atoms with Gasteiger partial charge in [-0.05, 0) is 24.3 Å². The fraction of sp³-hybridized carbons (Fsp3) is 0. The zero-order valence-corrected chi connectivity index (χ0v) is 8.88. The molecular formula is C11H10N6. The van der Waals surface area contributed by atoms with Crippen molar-refractivity contribution in [2.45, 2.75) is 0 Å². The van der Waals surface area contributed by atoms with E-state index < -0.39 is 0 Å². The minimum atomic E-state index is 0.441. The number of nitrogen functional groups attached to an aromatic ring is 2. The zero-order chi connectivity index (χ0) is 11.8. The Morgan fingerprint density at radius 2 is 1.71 bits per heavy atom. The van der Waals surface area contributed by atoms with E-state index in [0.29, 0.717) is 28.8 Å². The lowest BCUT2D eigenvalue weighted by Gasteiger charge is -1.96. The van der Waals surface area contributed by atoms with E-state index in [2.05, 4.69) is 19.9 Å². The van der Waals surface area contributed by atoms with Crippen LogP contribution in [0.25, 0.3) is 22.7 Å². The van der Waals surface area contributed by atoms with Gasteiger partial charge in [0.1, 0.15) is 17.3 Å². The number of imidazole rings is 1. The summed E-state index contributed by atoms with van der Waals surface area (Å²) in [5, 5.41) is 0. The van der Waals surface area contributed by atoms with Crippen LogP contribution in [0.3, 0.4) is 0 Å². The van der Waals surface area contributed by atoms with Crippen molar-refractivity contribution in [3.05, 3.63) is 30.3 Å². The fourth-order valence-electron chi connectivity index (χ4n) is 1.61. The molecule has 0 atom stereocenters. The van der Waals surface area contributed by atoms with Gasteiger partial charge in [0.15, 0.2) is 11.5 Å². The second kappa shape index (κ2) is 3.44. The molecule has 84 valence electrons. The van der Waals surface area contributed by atoms with Crippen molar-refractivity contribution < 1.29 is 0 Å². The molecule has 0 saturated carbocycles. The number of rotatable bonds is 1. The summed E-state index contributed by atoms with van der Waals surface area (Å²) < 4.78 is 0. The molecule has 0 unspecified atom stereocenters. The number of hydrogen-bond donors (Lipinski definition) is 3. The summed E-state index contributed by atoms with van der Waals surface area (Å²) in [7, 11) is 0. The molecule has 6 nitrogen and oxygen atoms in total. The van der Waals surface area contributed by atoms with Crippen molar-refractivity contribution in [3.8, 4) is 11.5 Å². The SMILES string of the molecule is Nc1cccc(-c2nc3nc(N)ccc3[nH]2)n1. The molecule has 0 aliphatic rings. The van der Waals surface area contributed by atoms with Crippen LogP contribution in [0.5, 0.6) is 0 Å². The van der Waals surface area contributed by atoms with Crippen molar-refractivity contribution in [2.24, 2.45) is 0 Å². The molecule has 3 aromatic rings. The molecule has 0 spiro atoms. The van der Waals surface area contributed by atoms with Crippen LogP contribution in [-0.4, -0.2) is 19.9 Å². The molecule has 0 fully saturated rings. The summed E-state index contributed by atoms with van der Waals surface area (Å²) >= 11 is 0. The number of nitrogens with zero attached hydrogens (tertiary/aromatic N) is 3. The normalized spacial score (nSPS) is 10.8. The Kier molecular flexibility index (Phi) is 1.94. The number of aromatic nitrogens is 4. The van der Waals surface area contributed by atoms with Crippen molar-refractivity contribution in [2.75, 3.05) is 11.5 Å². The van der Waals surface area contributed by atoms with E-state index in [9.17, 15) is 0 Å². The summed E-state index contributed by atoms with van der Waals surface area (Å²) in [5.74, 6) is 1.52. The highest BCUT2D eigenvalue weighted by Crippen LogP contribution is 2.18. The first-order valence-electron chi connectivity index (χ1n) is 5.07. The van der Waals surface area contributed by atoms with Gasteiger partial charge in [0.25, 0.3) is 0 Å². The molecule has 3 heterocycles. The quantitative estimate of drug-likeness (QED) is 0.577. The number of aromatic amines is 1. The predicted molar refractivity (Wildman–Crippen MR) is 65.9 cm³/mol. The van der Waals surface area contributed by atoms with Gasteiger partial charge < -0.3 is 16.5 Å². The third-order valence-electron chi connectivity index (χ3n) is 2.38. The van der Waals surface area contributed by atoms with Gasteiger partial charge in [0, 0.05) is 0 Å². The lowest BCUT2D eigenvalue weighted by atomic mass is 10.3. The van der Waals surface area contributed by atoms with E-state index in [1.54, 1.807) is 12.1 Å². The summed E-state index contributed by atoms with van der Waals surface area (Å²) in [6.45, 7) is 0. The van der Waals surface area contributed by atoms with Gasteiger partial charge in [0.2, 0.25) is 0 Å². The minimum absolute atomic E-state index is 0.441. The Morgan fingerprint density at radius 3 is 2.53 bits per heavy atom. The van der Waals surface area contributed by atoms with Gasteiger partial charge in [0.05, 0.1) is 5.52 Å². The van der Waals surface area contributed by atoms with Gasteiger partial charge in [-0.25, -0.2) is 15.0 Å². The lowest BCUT2D eigenvalue weighted by molar-refractivity contribution is 1.23. The first-order valence-corrected chi connectivity index (χ1v) is 5.07. The number of nitrogens with one attached hydrogen (secondary N) is 1. The van der Waals surface area contributed by atoms with Crippen molar-refractivity contribution in [1.82, 2.24) is 19.9 Å². The molecule has 0 bridgehead atoms. The molecule has 17 heavy (non-hydrogen) atoms. The van der Waals surface area contributed by atoms with Gasteiger partial charge >= 0.3 is 0 Å².